The zero-order chi connectivity index (χ0) is 25.6. The van der Waals surface area contributed by atoms with Gasteiger partial charge in [-0.05, 0) is 28.4 Å². The fraction of sp³-hybridized carbons (Fsp3) is 0.294. The molecule has 0 spiro atoms. The summed E-state index contributed by atoms with van der Waals surface area (Å²) in [7, 11) is 0. The van der Waals surface area contributed by atoms with Crippen LogP contribution in [-0.4, -0.2) is 3.21 Å². The van der Waals surface area contributed by atoms with E-state index < -0.39 is 0 Å². The molecule has 0 unspecified atom stereocenters. The molecule has 194 valence electrons. The summed E-state index contributed by atoms with van der Waals surface area (Å²) in [5, 5.41) is 0. The predicted octanol–water partition coefficient (Wildman–Crippen LogP) is 2.84. The van der Waals surface area contributed by atoms with Gasteiger partial charge in [-0.25, -0.2) is 12.1 Å². The molecule has 4 aromatic rings. The van der Waals surface area contributed by atoms with E-state index >= 15 is 0 Å². The zero-order valence-corrected chi connectivity index (χ0v) is 27.1. The Labute approximate surface area is 252 Å². The van der Waals surface area contributed by atoms with Gasteiger partial charge in [0.1, 0.15) is 0 Å². The smallest absolute Gasteiger partial charge is 0.172 e. The van der Waals surface area contributed by atoms with Crippen molar-refractivity contribution in [2.45, 2.75) is 65.7 Å². The monoisotopic (exact) mass is 606 g/mol. The third kappa shape index (κ3) is 9.55. The van der Waals surface area contributed by atoms with Gasteiger partial charge in [0.15, 0.2) is 0 Å². The Balaban J connectivity index is 0.000000354. The molecular weight excluding hydrogens is 571 g/mol. The second-order valence-electron chi connectivity index (χ2n) is 11.3. The third-order valence-electron chi connectivity index (χ3n) is 6.23. The first-order valence-electron chi connectivity index (χ1n) is 12.4. The Morgan fingerprint density at radius 1 is 0.757 bits per heavy atom. The van der Waals surface area contributed by atoms with E-state index in [1.807, 2.05) is 36.4 Å². The molecule has 0 aromatic heterocycles. The number of rotatable bonds is 1. The summed E-state index contributed by atoms with van der Waals surface area (Å²) in [6, 6.07) is 35.6. The number of hydrogen-bond donors (Lipinski definition) is 0. The van der Waals surface area contributed by atoms with Crippen molar-refractivity contribution >= 4 is 3.21 Å². The molecule has 0 nitrogen and oxygen atoms in total. The fourth-order valence-electron chi connectivity index (χ4n) is 4.04. The van der Waals surface area contributed by atoms with Gasteiger partial charge >= 0.3 is 70.3 Å². The molecule has 0 saturated heterocycles. The summed E-state index contributed by atoms with van der Waals surface area (Å²) in [6.45, 7) is 15.8. The number of benzene rings is 3. The minimum absolute atomic E-state index is 0. The first-order chi connectivity index (χ1) is 16.5. The van der Waals surface area contributed by atoms with E-state index in [1.165, 1.54) is 66.4 Å². The van der Waals surface area contributed by atoms with Crippen molar-refractivity contribution in [3.63, 3.8) is 0 Å². The molecule has 0 bridgehead atoms. The number of halogens is 2. The van der Waals surface area contributed by atoms with Crippen molar-refractivity contribution < 1.29 is 49.0 Å². The topological polar surface area (TPSA) is 0 Å². The second kappa shape index (κ2) is 14.5. The van der Waals surface area contributed by atoms with Crippen LogP contribution in [0.4, 0.5) is 0 Å². The number of hydrogen-bond acceptors (Lipinski definition) is 0. The van der Waals surface area contributed by atoms with Crippen LogP contribution in [0.5, 0.6) is 0 Å². The van der Waals surface area contributed by atoms with Gasteiger partial charge in [0.2, 0.25) is 0 Å². The molecule has 0 fully saturated rings. The predicted molar refractivity (Wildman–Crippen MR) is 149 cm³/mol. The van der Waals surface area contributed by atoms with E-state index in [4.69, 9.17) is 0 Å². The minimum atomic E-state index is 0. The quantitative estimate of drug-likeness (QED) is 0.257. The van der Waals surface area contributed by atoms with Crippen molar-refractivity contribution in [2.24, 2.45) is 0 Å². The Hall–Kier alpha value is -1.66. The van der Waals surface area contributed by atoms with Crippen LogP contribution < -0.4 is 24.8 Å². The van der Waals surface area contributed by atoms with Gasteiger partial charge in [0.25, 0.3) is 0 Å². The van der Waals surface area contributed by atoms with E-state index in [0.717, 1.165) is 6.42 Å². The first kappa shape index (κ1) is 33.4. The van der Waals surface area contributed by atoms with E-state index in [-0.39, 0.29) is 35.6 Å². The summed E-state index contributed by atoms with van der Waals surface area (Å²) in [4.78, 5) is 0. The van der Waals surface area contributed by atoms with Crippen molar-refractivity contribution in [2.75, 3.05) is 0 Å². The standard InChI is InChI=1S/C21H25.C8H8.C5H5.2ClH.Zr/c1-20(2,3)16-7-9-18-14(12-16)11-15-13-17(21(4,5)6)8-10-19(15)18;1-2-8-6-4-3-5-7-8;1-2-4-5-3-1;;;/h7-10,12H,11H2,1-6H3;3-7H,1H3;1-5H;2*1H;/q-1;;-1;;;+2/p-2. The van der Waals surface area contributed by atoms with Crippen LogP contribution in [0.25, 0.3) is 11.1 Å². The summed E-state index contributed by atoms with van der Waals surface area (Å²) >= 11 is 1.51. The van der Waals surface area contributed by atoms with Gasteiger partial charge in [0.05, 0.1) is 0 Å². The molecule has 0 N–H and O–H groups in total. The van der Waals surface area contributed by atoms with Crippen molar-refractivity contribution in [3.8, 4) is 11.1 Å². The molecule has 37 heavy (non-hydrogen) atoms. The molecule has 0 saturated carbocycles. The molecule has 0 amide bonds. The van der Waals surface area contributed by atoms with Crippen LogP contribution in [0.1, 0.15) is 76.3 Å². The molecule has 3 heteroatoms. The van der Waals surface area contributed by atoms with E-state index in [9.17, 15) is 0 Å². The summed E-state index contributed by atoms with van der Waals surface area (Å²) in [6.07, 6.45) is 1.03. The Bertz CT molecular complexity index is 1160. The maximum atomic E-state index is 3.67. The van der Waals surface area contributed by atoms with Gasteiger partial charge in [-0.1, -0.05) is 65.3 Å². The summed E-state index contributed by atoms with van der Waals surface area (Å²) in [5.41, 5.74) is 10.1. The molecule has 4 aromatic carbocycles. The molecule has 0 aliphatic heterocycles. The molecule has 0 atom stereocenters. The maximum Gasteiger partial charge on any atom is -0.172 e. The second-order valence-corrected chi connectivity index (χ2v) is 13.1. The number of fused-ring (bicyclic) bond motifs is 3. The van der Waals surface area contributed by atoms with Crippen LogP contribution in [-0.2, 0) is 41.5 Å². The van der Waals surface area contributed by atoms with Crippen LogP contribution in [0, 0.1) is 6.07 Å². The van der Waals surface area contributed by atoms with Crippen molar-refractivity contribution in [1.29, 1.82) is 0 Å². The van der Waals surface area contributed by atoms with Gasteiger partial charge < -0.3 is 24.8 Å². The van der Waals surface area contributed by atoms with Gasteiger partial charge in [-0.2, -0.15) is 42.0 Å². The molecule has 1 aliphatic rings. The third-order valence-corrected chi connectivity index (χ3v) is 6.94. The Kier molecular flexibility index (Phi) is 13.1. The van der Waals surface area contributed by atoms with Gasteiger partial charge in [0, 0.05) is 0 Å². The largest absolute Gasteiger partial charge is 1.00 e. The van der Waals surface area contributed by atoms with Crippen LogP contribution in [0.2, 0.25) is 0 Å². The first-order valence-corrected chi connectivity index (χ1v) is 13.7. The normalized spacial score (nSPS) is 11.3. The van der Waals surface area contributed by atoms with Gasteiger partial charge in [-0.3, -0.25) is 0 Å². The summed E-state index contributed by atoms with van der Waals surface area (Å²) in [5.74, 6) is 0. The Morgan fingerprint density at radius 2 is 1.35 bits per heavy atom. The van der Waals surface area contributed by atoms with Gasteiger partial charge in [-0.15, -0.1) is 11.1 Å². The van der Waals surface area contributed by atoms with Crippen LogP contribution in [0.3, 0.4) is 0 Å². The molecular formula is C34H38Cl2Zr-2. The fourth-order valence-corrected chi connectivity index (χ4v) is 4.45. The van der Waals surface area contributed by atoms with Crippen molar-refractivity contribution in [3.05, 3.63) is 125 Å². The Morgan fingerprint density at radius 3 is 1.81 bits per heavy atom. The zero-order valence-electron chi connectivity index (χ0n) is 23.1. The SMILES string of the molecule is CC(C)(C)c1[c-]c2c(cc1)-c1ccc(C(C)(C)C)cc1C2.C[C](=[Zr+2])c1ccccc1.[Cl-].[Cl-].c1cc[cH-]c1. The minimum Gasteiger partial charge on any atom is -1.00 e. The van der Waals surface area contributed by atoms with E-state index in [2.05, 4.69) is 109 Å². The van der Waals surface area contributed by atoms with Crippen LogP contribution >= 0.6 is 0 Å². The molecule has 5 rings (SSSR count). The van der Waals surface area contributed by atoms with Crippen molar-refractivity contribution in [1.82, 2.24) is 0 Å². The maximum absolute atomic E-state index is 3.67. The van der Waals surface area contributed by atoms with Crippen LogP contribution in [0.15, 0.2) is 91.0 Å². The summed E-state index contributed by atoms with van der Waals surface area (Å²) < 4.78 is 1.46. The molecule has 1 aliphatic carbocycles. The van der Waals surface area contributed by atoms with E-state index in [1.54, 1.807) is 0 Å². The molecule has 0 heterocycles. The average molecular weight is 609 g/mol. The van der Waals surface area contributed by atoms with E-state index in [0.29, 0.717) is 0 Å². The molecule has 0 radical (unpaired) electrons. The average Bonchev–Trinajstić information content (AvgIpc) is 3.49.